The zero-order valence-electron chi connectivity index (χ0n) is 11.4. The van der Waals surface area contributed by atoms with E-state index in [4.69, 9.17) is 21.1 Å². The molecule has 0 amide bonds. The predicted molar refractivity (Wildman–Crippen MR) is 89.6 cm³/mol. The van der Waals surface area contributed by atoms with Crippen LogP contribution in [0.25, 0.3) is 27.7 Å². The Balaban J connectivity index is 1.90. The minimum atomic E-state index is 0.708. The lowest BCUT2D eigenvalue weighted by Gasteiger charge is -2.05. The molecule has 1 aromatic carbocycles. The highest BCUT2D eigenvalue weighted by atomic mass is 35.5. The largest absolute Gasteiger partial charge is 0.463 e. The zero-order valence-corrected chi connectivity index (χ0v) is 13.0. The molecule has 0 aliphatic rings. The molecule has 0 fully saturated rings. The third kappa shape index (κ3) is 2.36. The van der Waals surface area contributed by atoms with Crippen molar-refractivity contribution in [2.75, 3.05) is 0 Å². The molecule has 0 spiro atoms. The van der Waals surface area contributed by atoms with Crippen LogP contribution in [0, 0.1) is 0 Å². The van der Waals surface area contributed by atoms with Gasteiger partial charge in [-0.3, -0.25) is 0 Å². The first kappa shape index (κ1) is 13.4. The molecule has 0 aliphatic heterocycles. The Morgan fingerprint density at radius 2 is 1.91 bits per heavy atom. The van der Waals surface area contributed by atoms with Crippen LogP contribution in [-0.4, -0.2) is 9.78 Å². The summed E-state index contributed by atoms with van der Waals surface area (Å²) in [6.45, 7) is 0. The summed E-state index contributed by atoms with van der Waals surface area (Å²) in [6.07, 6.45) is 1.65. The topological polar surface area (TPSA) is 31.0 Å². The molecule has 3 heterocycles. The first-order valence-electron chi connectivity index (χ1n) is 6.75. The Hall–Kier alpha value is -2.30. The fourth-order valence-electron chi connectivity index (χ4n) is 2.30. The van der Waals surface area contributed by atoms with Crippen molar-refractivity contribution in [3.8, 4) is 27.7 Å². The van der Waals surface area contributed by atoms with Crippen LogP contribution in [0.1, 0.15) is 0 Å². The number of hydrogen-bond acceptors (Lipinski definition) is 3. The molecular formula is C17H11ClN2OS. The van der Waals surface area contributed by atoms with Gasteiger partial charge < -0.3 is 4.42 Å². The highest BCUT2D eigenvalue weighted by Crippen LogP contribution is 2.31. The van der Waals surface area contributed by atoms with Crippen molar-refractivity contribution in [1.82, 2.24) is 9.78 Å². The molecule has 0 atom stereocenters. The van der Waals surface area contributed by atoms with Crippen molar-refractivity contribution < 1.29 is 4.42 Å². The summed E-state index contributed by atoms with van der Waals surface area (Å²) >= 11 is 7.66. The summed E-state index contributed by atoms with van der Waals surface area (Å²) in [5.41, 5.74) is 2.80. The second kappa shape index (κ2) is 5.48. The van der Waals surface area contributed by atoms with Gasteiger partial charge in [-0.15, -0.1) is 11.3 Å². The molecule has 5 heteroatoms. The van der Waals surface area contributed by atoms with Gasteiger partial charge in [0.15, 0.2) is 5.76 Å². The Morgan fingerprint density at radius 3 is 2.59 bits per heavy atom. The van der Waals surface area contributed by atoms with Crippen LogP contribution in [0.2, 0.25) is 5.02 Å². The van der Waals surface area contributed by atoms with Gasteiger partial charge in [0.25, 0.3) is 0 Å². The predicted octanol–water partition coefficient (Wildman–Crippen LogP) is 5.51. The van der Waals surface area contributed by atoms with E-state index >= 15 is 0 Å². The van der Waals surface area contributed by atoms with Crippen molar-refractivity contribution in [3.05, 3.63) is 71.3 Å². The van der Waals surface area contributed by atoms with E-state index in [9.17, 15) is 0 Å². The van der Waals surface area contributed by atoms with E-state index in [0.717, 1.165) is 27.7 Å². The highest BCUT2D eigenvalue weighted by molar-refractivity contribution is 7.13. The van der Waals surface area contributed by atoms with E-state index in [1.165, 1.54) is 0 Å². The van der Waals surface area contributed by atoms with Crippen molar-refractivity contribution >= 4 is 22.9 Å². The number of halogens is 1. The number of hydrogen-bond donors (Lipinski definition) is 0. The maximum absolute atomic E-state index is 5.98. The van der Waals surface area contributed by atoms with Crippen molar-refractivity contribution in [1.29, 1.82) is 0 Å². The van der Waals surface area contributed by atoms with Gasteiger partial charge in [-0.1, -0.05) is 17.7 Å². The third-order valence-corrected chi connectivity index (χ3v) is 4.47. The van der Waals surface area contributed by atoms with E-state index in [1.54, 1.807) is 17.6 Å². The molecule has 3 nitrogen and oxygen atoms in total. The average molecular weight is 327 g/mol. The normalized spacial score (nSPS) is 11.0. The fraction of sp³-hybridized carbons (Fsp3) is 0. The number of benzene rings is 1. The third-order valence-electron chi connectivity index (χ3n) is 3.33. The second-order valence-electron chi connectivity index (χ2n) is 4.76. The lowest BCUT2D eigenvalue weighted by atomic mass is 10.2. The van der Waals surface area contributed by atoms with Gasteiger partial charge in [-0.05, 0) is 53.9 Å². The Bertz CT molecular complexity index is 878. The summed E-state index contributed by atoms with van der Waals surface area (Å²) in [5.74, 6) is 0.755. The highest BCUT2D eigenvalue weighted by Gasteiger charge is 2.15. The first-order chi connectivity index (χ1) is 10.8. The van der Waals surface area contributed by atoms with Crippen LogP contribution in [0.3, 0.4) is 0 Å². The van der Waals surface area contributed by atoms with E-state index in [2.05, 4.69) is 11.4 Å². The molecule has 0 N–H and O–H groups in total. The lowest BCUT2D eigenvalue weighted by molar-refractivity contribution is 0.579. The number of thiophene rings is 1. The molecule has 0 saturated carbocycles. The Labute approximate surface area is 136 Å². The number of furan rings is 1. The summed E-state index contributed by atoms with van der Waals surface area (Å²) in [7, 11) is 0. The zero-order chi connectivity index (χ0) is 14.9. The van der Waals surface area contributed by atoms with Crippen LogP contribution in [0.15, 0.2) is 70.7 Å². The van der Waals surface area contributed by atoms with Gasteiger partial charge in [0.05, 0.1) is 22.5 Å². The summed E-state index contributed by atoms with van der Waals surface area (Å²) in [6, 6.07) is 17.6. The van der Waals surface area contributed by atoms with Crippen LogP contribution in [-0.2, 0) is 0 Å². The van der Waals surface area contributed by atoms with Crippen LogP contribution in [0.5, 0.6) is 0 Å². The van der Waals surface area contributed by atoms with Crippen LogP contribution < -0.4 is 0 Å². The molecule has 3 aromatic heterocycles. The fourth-order valence-corrected chi connectivity index (χ4v) is 3.16. The van der Waals surface area contributed by atoms with Crippen molar-refractivity contribution in [3.63, 3.8) is 0 Å². The van der Waals surface area contributed by atoms with E-state index in [0.29, 0.717) is 5.02 Å². The first-order valence-corrected chi connectivity index (χ1v) is 8.01. The number of aromatic nitrogens is 2. The van der Waals surface area contributed by atoms with Crippen molar-refractivity contribution in [2.45, 2.75) is 0 Å². The quantitative estimate of drug-likeness (QED) is 0.496. The van der Waals surface area contributed by atoms with Gasteiger partial charge in [-0.2, -0.15) is 5.10 Å². The van der Waals surface area contributed by atoms with Crippen LogP contribution >= 0.6 is 22.9 Å². The van der Waals surface area contributed by atoms with Gasteiger partial charge in [0.1, 0.15) is 5.69 Å². The maximum atomic E-state index is 5.98. The van der Waals surface area contributed by atoms with E-state index in [1.807, 2.05) is 53.2 Å². The monoisotopic (exact) mass is 326 g/mol. The molecule has 0 radical (unpaired) electrons. The average Bonchev–Trinajstić information content (AvgIpc) is 3.27. The second-order valence-corrected chi connectivity index (χ2v) is 6.14. The van der Waals surface area contributed by atoms with Crippen LogP contribution in [0.4, 0.5) is 0 Å². The van der Waals surface area contributed by atoms with E-state index < -0.39 is 0 Å². The lowest BCUT2D eigenvalue weighted by Crippen LogP contribution is -1.98. The minimum Gasteiger partial charge on any atom is -0.463 e. The number of rotatable bonds is 3. The smallest absolute Gasteiger partial charge is 0.154 e. The number of nitrogens with zero attached hydrogens (tertiary/aromatic N) is 2. The summed E-state index contributed by atoms with van der Waals surface area (Å²) in [5, 5.41) is 7.46. The summed E-state index contributed by atoms with van der Waals surface area (Å²) in [4.78, 5) is 1.15. The van der Waals surface area contributed by atoms with Gasteiger partial charge in [0.2, 0.25) is 0 Å². The molecule has 108 valence electrons. The summed E-state index contributed by atoms with van der Waals surface area (Å²) < 4.78 is 7.38. The van der Waals surface area contributed by atoms with Gasteiger partial charge in [0, 0.05) is 5.02 Å². The maximum Gasteiger partial charge on any atom is 0.154 e. The molecule has 22 heavy (non-hydrogen) atoms. The van der Waals surface area contributed by atoms with Crippen molar-refractivity contribution in [2.24, 2.45) is 0 Å². The molecule has 4 aromatic rings. The minimum absolute atomic E-state index is 0.708. The standard InChI is InChI=1S/C17H11ClN2OS/c18-12-5-7-13(8-6-12)20-15(17-4-2-10-22-17)11-14(19-20)16-3-1-9-21-16/h1-11H. The molecule has 0 bridgehead atoms. The molecule has 0 unspecified atom stereocenters. The molecular weight excluding hydrogens is 316 g/mol. The Kier molecular flexibility index (Phi) is 3.33. The van der Waals surface area contributed by atoms with E-state index in [-0.39, 0.29) is 0 Å². The molecule has 0 saturated heterocycles. The van der Waals surface area contributed by atoms with Gasteiger partial charge >= 0.3 is 0 Å². The molecule has 0 aliphatic carbocycles. The SMILES string of the molecule is Clc1ccc(-n2nc(-c3ccco3)cc2-c2cccs2)cc1. The van der Waals surface area contributed by atoms with Gasteiger partial charge in [-0.25, -0.2) is 4.68 Å². The Morgan fingerprint density at radius 1 is 1.05 bits per heavy atom. The molecule has 4 rings (SSSR count).